The molecule has 1 amide bonds. The Morgan fingerprint density at radius 1 is 1.17 bits per heavy atom. The molecule has 0 aliphatic heterocycles. The largest absolute Gasteiger partial charge is 0.490 e. The number of hydrogen-bond donors (Lipinski definition) is 1. The van der Waals surface area contributed by atoms with Gasteiger partial charge in [0, 0.05) is 0 Å². The fourth-order valence-electron chi connectivity index (χ4n) is 2.43. The van der Waals surface area contributed by atoms with Gasteiger partial charge in [-0.1, -0.05) is 48.7 Å². The van der Waals surface area contributed by atoms with Crippen molar-refractivity contribution in [2.24, 2.45) is 0 Å². The average Bonchev–Trinajstić information content (AvgIpc) is 2.71. The van der Waals surface area contributed by atoms with Crippen molar-refractivity contribution < 1.29 is 14.3 Å². The monoisotopic (exact) mass is 432 g/mol. The summed E-state index contributed by atoms with van der Waals surface area (Å²) in [6.07, 6.45) is 3.45. The number of nitrogens with zero attached hydrogens (tertiary/aromatic N) is 1. The average molecular weight is 433 g/mol. The first kappa shape index (κ1) is 22.6. The van der Waals surface area contributed by atoms with Crippen molar-refractivity contribution in [3.05, 3.63) is 57.6 Å². The molecule has 0 bridgehead atoms. The first-order valence-corrected chi connectivity index (χ1v) is 10.0. The molecule has 2 aromatic carbocycles. The number of ether oxygens (including phenoxy) is 2. The van der Waals surface area contributed by atoms with Gasteiger partial charge in [0.15, 0.2) is 11.5 Å². The lowest BCUT2D eigenvalue weighted by molar-refractivity contribution is -0.112. The van der Waals surface area contributed by atoms with E-state index in [1.54, 1.807) is 36.4 Å². The second-order valence-corrected chi connectivity index (χ2v) is 6.85. The molecular weight excluding hydrogens is 411 g/mol. The highest BCUT2D eigenvalue weighted by atomic mass is 35.5. The Morgan fingerprint density at radius 2 is 1.97 bits per heavy atom. The van der Waals surface area contributed by atoms with Crippen LogP contribution in [0.4, 0.5) is 5.69 Å². The first-order valence-electron chi connectivity index (χ1n) is 9.26. The SMILES string of the molecule is CCCCOc1ccc(/C=C(\C#N)C(=O)Nc2cccc(Cl)c2Cl)cc1OCC. The van der Waals surface area contributed by atoms with Crippen LogP contribution in [0.25, 0.3) is 6.08 Å². The lowest BCUT2D eigenvalue weighted by atomic mass is 10.1. The smallest absolute Gasteiger partial charge is 0.266 e. The van der Waals surface area contributed by atoms with E-state index in [1.165, 1.54) is 6.08 Å². The van der Waals surface area contributed by atoms with Crippen molar-refractivity contribution in [2.45, 2.75) is 26.7 Å². The Labute approximate surface area is 180 Å². The van der Waals surface area contributed by atoms with Gasteiger partial charge >= 0.3 is 0 Å². The normalized spacial score (nSPS) is 10.9. The second kappa shape index (κ2) is 11.4. The minimum absolute atomic E-state index is 0.0804. The third kappa shape index (κ3) is 6.42. The van der Waals surface area contributed by atoms with Gasteiger partial charge in [0.25, 0.3) is 5.91 Å². The van der Waals surface area contributed by atoms with Crippen LogP contribution in [-0.2, 0) is 4.79 Å². The molecule has 2 aromatic rings. The summed E-state index contributed by atoms with van der Waals surface area (Å²) in [6, 6.07) is 12.1. The zero-order valence-electron chi connectivity index (χ0n) is 16.3. The number of halogens is 2. The molecule has 0 atom stereocenters. The maximum absolute atomic E-state index is 12.5. The van der Waals surface area contributed by atoms with E-state index in [2.05, 4.69) is 12.2 Å². The van der Waals surface area contributed by atoms with Gasteiger partial charge in [-0.3, -0.25) is 4.79 Å². The maximum Gasteiger partial charge on any atom is 0.266 e. The lowest BCUT2D eigenvalue weighted by Gasteiger charge is -2.12. The molecule has 5 nitrogen and oxygen atoms in total. The van der Waals surface area contributed by atoms with E-state index in [0.717, 1.165) is 12.8 Å². The summed E-state index contributed by atoms with van der Waals surface area (Å²) in [5, 5.41) is 12.6. The fraction of sp³-hybridized carbons (Fsp3) is 0.273. The minimum atomic E-state index is -0.585. The van der Waals surface area contributed by atoms with Gasteiger partial charge in [0.2, 0.25) is 0 Å². The predicted molar refractivity (Wildman–Crippen MR) is 117 cm³/mol. The van der Waals surface area contributed by atoms with E-state index in [1.807, 2.05) is 13.0 Å². The van der Waals surface area contributed by atoms with Crippen LogP contribution in [-0.4, -0.2) is 19.1 Å². The number of amides is 1. The van der Waals surface area contributed by atoms with Crippen molar-refractivity contribution >= 4 is 40.9 Å². The topological polar surface area (TPSA) is 71.3 Å². The number of nitriles is 1. The van der Waals surface area contributed by atoms with E-state index in [4.69, 9.17) is 32.7 Å². The van der Waals surface area contributed by atoms with Crippen molar-refractivity contribution in [3.63, 3.8) is 0 Å². The van der Waals surface area contributed by atoms with Crippen molar-refractivity contribution in [2.75, 3.05) is 18.5 Å². The van der Waals surface area contributed by atoms with Gasteiger partial charge in [-0.15, -0.1) is 0 Å². The summed E-state index contributed by atoms with van der Waals surface area (Å²) in [5.41, 5.74) is 0.892. The predicted octanol–water partition coefficient (Wildman–Crippen LogP) is 6.12. The molecule has 29 heavy (non-hydrogen) atoms. The number of anilines is 1. The highest BCUT2D eigenvalue weighted by Gasteiger charge is 2.14. The first-order chi connectivity index (χ1) is 14.0. The molecule has 152 valence electrons. The summed E-state index contributed by atoms with van der Waals surface area (Å²) >= 11 is 12.1. The summed E-state index contributed by atoms with van der Waals surface area (Å²) in [5.74, 6) is 0.608. The molecule has 0 aliphatic rings. The summed E-state index contributed by atoms with van der Waals surface area (Å²) in [6.45, 7) is 5.03. The zero-order chi connectivity index (χ0) is 21.2. The number of carbonyl (C=O) groups is 1. The number of nitrogens with one attached hydrogen (secondary N) is 1. The molecular formula is C22H22Cl2N2O3. The van der Waals surface area contributed by atoms with E-state index < -0.39 is 5.91 Å². The Morgan fingerprint density at radius 3 is 2.66 bits per heavy atom. The lowest BCUT2D eigenvalue weighted by Crippen LogP contribution is -2.13. The standard InChI is InChI=1S/C22H22Cl2N2O3/c1-3-5-11-29-19-10-9-15(13-20(19)28-4-2)12-16(14-25)22(27)26-18-8-6-7-17(23)21(18)24/h6-10,12-13H,3-5,11H2,1-2H3,(H,26,27)/b16-12+. The molecule has 2 rings (SSSR count). The molecule has 1 N–H and O–H groups in total. The number of benzene rings is 2. The third-order valence-corrected chi connectivity index (χ3v) is 4.72. The Bertz CT molecular complexity index is 936. The molecule has 0 aliphatic carbocycles. The number of unbranched alkanes of at least 4 members (excludes halogenated alkanes) is 1. The third-order valence-electron chi connectivity index (χ3n) is 3.90. The molecule has 0 saturated heterocycles. The van der Waals surface area contributed by atoms with Crippen LogP contribution in [0.1, 0.15) is 32.3 Å². The van der Waals surface area contributed by atoms with Gasteiger partial charge in [0.1, 0.15) is 11.6 Å². The summed E-state index contributed by atoms with van der Waals surface area (Å²) in [4.78, 5) is 12.5. The zero-order valence-corrected chi connectivity index (χ0v) is 17.8. The van der Waals surface area contributed by atoms with E-state index in [0.29, 0.717) is 41.0 Å². The van der Waals surface area contributed by atoms with E-state index in [-0.39, 0.29) is 10.6 Å². The quantitative estimate of drug-likeness (QED) is 0.294. The molecule has 0 spiro atoms. The van der Waals surface area contributed by atoms with Gasteiger partial charge < -0.3 is 14.8 Å². The Balaban J connectivity index is 2.24. The molecule has 0 fully saturated rings. The van der Waals surface area contributed by atoms with Crippen LogP contribution in [0.2, 0.25) is 10.0 Å². The van der Waals surface area contributed by atoms with E-state index >= 15 is 0 Å². The van der Waals surface area contributed by atoms with Gasteiger partial charge in [0.05, 0.1) is 28.9 Å². The summed E-state index contributed by atoms with van der Waals surface area (Å²) < 4.78 is 11.4. The molecule has 0 aromatic heterocycles. The van der Waals surface area contributed by atoms with Crippen LogP contribution in [0.3, 0.4) is 0 Å². The van der Waals surface area contributed by atoms with Gasteiger partial charge in [-0.25, -0.2) is 0 Å². The van der Waals surface area contributed by atoms with Crippen molar-refractivity contribution in [1.82, 2.24) is 0 Å². The maximum atomic E-state index is 12.5. The number of hydrogen-bond acceptors (Lipinski definition) is 4. The molecule has 0 saturated carbocycles. The highest BCUT2D eigenvalue weighted by Crippen LogP contribution is 2.31. The molecule has 7 heteroatoms. The van der Waals surface area contributed by atoms with Crippen LogP contribution in [0.15, 0.2) is 42.0 Å². The molecule has 0 unspecified atom stereocenters. The number of carbonyl (C=O) groups excluding carboxylic acids is 1. The van der Waals surface area contributed by atoms with Crippen molar-refractivity contribution in [1.29, 1.82) is 5.26 Å². The van der Waals surface area contributed by atoms with Crippen LogP contribution < -0.4 is 14.8 Å². The van der Waals surface area contributed by atoms with Gasteiger partial charge in [-0.05, 0) is 49.2 Å². The molecule has 0 radical (unpaired) electrons. The molecule has 0 heterocycles. The Kier molecular flexibility index (Phi) is 8.85. The summed E-state index contributed by atoms with van der Waals surface area (Å²) in [7, 11) is 0. The second-order valence-electron chi connectivity index (χ2n) is 6.07. The van der Waals surface area contributed by atoms with Crippen LogP contribution >= 0.6 is 23.2 Å². The van der Waals surface area contributed by atoms with Crippen molar-refractivity contribution in [3.8, 4) is 17.6 Å². The minimum Gasteiger partial charge on any atom is -0.490 e. The fourth-order valence-corrected chi connectivity index (χ4v) is 2.78. The Hall–Kier alpha value is -2.68. The van der Waals surface area contributed by atoms with E-state index in [9.17, 15) is 10.1 Å². The van der Waals surface area contributed by atoms with Gasteiger partial charge in [-0.2, -0.15) is 5.26 Å². The highest BCUT2D eigenvalue weighted by molar-refractivity contribution is 6.44. The van der Waals surface area contributed by atoms with Crippen LogP contribution in [0, 0.1) is 11.3 Å². The number of rotatable bonds is 9. The van der Waals surface area contributed by atoms with Crippen LogP contribution in [0.5, 0.6) is 11.5 Å².